The van der Waals surface area contributed by atoms with Crippen molar-refractivity contribution >= 4 is 11.8 Å². The Morgan fingerprint density at radius 3 is 2.02 bits per heavy atom. The highest BCUT2D eigenvalue weighted by Gasteiger charge is 2.71. The number of aryl methyl sites for hydroxylation is 2. The zero-order valence-corrected chi connectivity index (χ0v) is 24.9. The minimum absolute atomic E-state index is 0.0291. The van der Waals surface area contributed by atoms with Gasteiger partial charge in [0.05, 0.1) is 19.1 Å². The molecule has 13 heteroatoms. The summed E-state index contributed by atoms with van der Waals surface area (Å²) in [4.78, 5) is 31.2. The molecule has 1 aliphatic rings. The number of pyridine rings is 1. The third kappa shape index (κ3) is 6.87. The van der Waals surface area contributed by atoms with Gasteiger partial charge in [0.1, 0.15) is 5.75 Å². The van der Waals surface area contributed by atoms with E-state index in [9.17, 15) is 41.0 Å². The maximum Gasteiger partial charge on any atom is 0.430 e. The summed E-state index contributed by atoms with van der Waals surface area (Å²) in [5, 5.41) is 10.0. The van der Waals surface area contributed by atoms with Gasteiger partial charge in [-0.15, -0.1) is 0 Å². The van der Waals surface area contributed by atoms with Crippen LogP contribution in [0.3, 0.4) is 0 Å². The smallest absolute Gasteiger partial charge is 0.430 e. The molecule has 242 valence electrons. The number of alkyl halides is 6. The van der Waals surface area contributed by atoms with Gasteiger partial charge in [0.25, 0.3) is 11.5 Å². The lowest BCUT2D eigenvalue weighted by atomic mass is 9.79. The Morgan fingerprint density at radius 2 is 1.55 bits per heavy atom. The molecule has 1 N–H and O–H groups in total. The molecular weight excluding hydrogens is 594 g/mol. The van der Waals surface area contributed by atoms with Gasteiger partial charge in [0.2, 0.25) is 11.8 Å². The summed E-state index contributed by atoms with van der Waals surface area (Å²) in [7, 11) is 1.46. The van der Waals surface area contributed by atoms with E-state index >= 15 is 0 Å². The number of aromatic nitrogens is 1. The Bertz CT molecular complexity index is 1320. The standard InChI is InChI=1S/C31H36F6N2O5/c1-5-9-20-17-23(29(42,30(32,33)34)31(35,36)37)18-21(10-6-2)26(20)44-16-8-7-15-39-25(40)13-14-28(3,27(39)41)22-11-12-24(43-4)38-19-22/h11-14,17-19,42H,5-10,15-16H2,1-4H3. The van der Waals surface area contributed by atoms with Crippen LogP contribution in [0.4, 0.5) is 26.3 Å². The number of unbranched alkanes of at least 4 members (excludes halogenated alkanes) is 1. The van der Waals surface area contributed by atoms with Crippen LogP contribution >= 0.6 is 0 Å². The number of methoxy groups -OCH3 is 1. The van der Waals surface area contributed by atoms with E-state index in [0.29, 0.717) is 49.3 Å². The summed E-state index contributed by atoms with van der Waals surface area (Å²) in [5.74, 6) is -0.377. The van der Waals surface area contributed by atoms with Gasteiger partial charge >= 0.3 is 12.4 Å². The lowest BCUT2D eigenvalue weighted by Crippen LogP contribution is -2.54. The third-order valence-corrected chi connectivity index (χ3v) is 7.60. The molecule has 2 amide bonds. The molecule has 3 rings (SSSR count). The van der Waals surface area contributed by atoms with Crippen molar-refractivity contribution in [3.8, 4) is 11.6 Å². The van der Waals surface area contributed by atoms with Crippen molar-refractivity contribution in [2.45, 2.75) is 82.7 Å². The highest BCUT2D eigenvalue weighted by Crippen LogP contribution is 2.51. The number of halogens is 6. The first-order valence-corrected chi connectivity index (χ1v) is 14.3. The second-order valence-corrected chi connectivity index (χ2v) is 10.8. The van der Waals surface area contributed by atoms with Gasteiger partial charge in [-0.05, 0) is 61.4 Å². The molecule has 2 aromatic rings. The lowest BCUT2D eigenvalue weighted by Gasteiger charge is -2.34. The van der Waals surface area contributed by atoms with E-state index < -0.39 is 40.7 Å². The van der Waals surface area contributed by atoms with Gasteiger partial charge in [-0.3, -0.25) is 14.5 Å². The molecule has 0 aliphatic carbocycles. The van der Waals surface area contributed by atoms with Crippen LogP contribution < -0.4 is 9.47 Å². The second-order valence-electron chi connectivity index (χ2n) is 10.8. The summed E-state index contributed by atoms with van der Waals surface area (Å²) in [6, 6.07) is 4.72. The topological polar surface area (TPSA) is 89.0 Å². The fourth-order valence-electron chi connectivity index (χ4n) is 5.11. The van der Waals surface area contributed by atoms with Crippen LogP contribution in [0.5, 0.6) is 11.6 Å². The number of aliphatic hydroxyl groups is 1. The minimum Gasteiger partial charge on any atom is -0.493 e. The average molecular weight is 631 g/mol. The van der Waals surface area contributed by atoms with Gasteiger partial charge in [0.15, 0.2) is 0 Å². The van der Waals surface area contributed by atoms with Crippen LogP contribution in [0.15, 0.2) is 42.6 Å². The van der Waals surface area contributed by atoms with Crippen LogP contribution in [0, 0.1) is 0 Å². The van der Waals surface area contributed by atoms with E-state index in [1.165, 1.54) is 25.5 Å². The zero-order valence-electron chi connectivity index (χ0n) is 24.9. The van der Waals surface area contributed by atoms with Crippen molar-refractivity contribution in [3.63, 3.8) is 0 Å². The molecule has 1 aromatic carbocycles. The third-order valence-electron chi connectivity index (χ3n) is 7.60. The molecule has 0 bridgehead atoms. The maximum absolute atomic E-state index is 13.6. The predicted molar refractivity (Wildman–Crippen MR) is 149 cm³/mol. The molecule has 2 heterocycles. The first-order chi connectivity index (χ1) is 20.5. The molecule has 1 unspecified atom stereocenters. The Kier molecular flexibility index (Phi) is 10.8. The van der Waals surface area contributed by atoms with Crippen LogP contribution in [-0.2, 0) is 33.4 Å². The van der Waals surface area contributed by atoms with E-state index in [1.807, 2.05) is 0 Å². The molecule has 1 aromatic heterocycles. The quantitative estimate of drug-likeness (QED) is 0.158. The number of nitrogens with zero attached hydrogens (tertiary/aromatic N) is 2. The molecule has 0 spiro atoms. The molecule has 44 heavy (non-hydrogen) atoms. The van der Waals surface area contributed by atoms with E-state index in [1.54, 1.807) is 32.9 Å². The van der Waals surface area contributed by atoms with Gasteiger partial charge in [0, 0.05) is 30.4 Å². The molecule has 0 saturated heterocycles. The minimum atomic E-state index is -6.00. The molecule has 7 nitrogen and oxygen atoms in total. The summed E-state index contributed by atoms with van der Waals surface area (Å²) in [5.41, 5.74) is -6.67. The lowest BCUT2D eigenvalue weighted by molar-refractivity contribution is -0.376. The van der Waals surface area contributed by atoms with Crippen molar-refractivity contribution < 1.29 is 50.5 Å². The Hall–Kier alpha value is -3.61. The fourth-order valence-corrected chi connectivity index (χ4v) is 5.11. The molecule has 0 saturated carbocycles. The van der Waals surface area contributed by atoms with Crippen LogP contribution in [-0.4, -0.2) is 59.4 Å². The largest absolute Gasteiger partial charge is 0.493 e. The van der Waals surface area contributed by atoms with Crippen molar-refractivity contribution in [2.75, 3.05) is 20.3 Å². The Labute approximate surface area is 251 Å². The van der Waals surface area contributed by atoms with Gasteiger partial charge in [-0.25, -0.2) is 4.98 Å². The van der Waals surface area contributed by atoms with E-state index in [-0.39, 0.29) is 42.9 Å². The molecule has 1 atom stereocenters. The normalized spacial score (nSPS) is 17.8. The summed E-state index contributed by atoms with van der Waals surface area (Å²) >= 11 is 0. The predicted octanol–water partition coefficient (Wildman–Crippen LogP) is 6.35. The zero-order chi connectivity index (χ0) is 32.9. The van der Waals surface area contributed by atoms with Crippen LogP contribution in [0.1, 0.15) is 68.7 Å². The first-order valence-electron chi connectivity index (χ1n) is 14.3. The highest BCUT2D eigenvalue weighted by atomic mass is 19.4. The molecule has 0 fully saturated rings. The number of carbonyl (C=O) groups is 2. The monoisotopic (exact) mass is 630 g/mol. The number of hydrogen-bond donors (Lipinski definition) is 1. The van der Waals surface area contributed by atoms with E-state index in [4.69, 9.17) is 9.47 Å². The average Bonchev–Trinajstić information content (AvgIpc) is 2.96. The number of rotatable bonds is 13. The molecule has 1 aliphatic heterocycles. The van der Waals surface area contributed by atoms with E-state index in [0.717, 1.165) is 4.90 Å². The maximum atomic E-state index is 13.6. The van der Waals surface area contributed by atoms with E-state index in [2.05, 4.69) is 4.98 Å². The highest BCUT2D eigenvalue weighted by molar-refractivity contribution is 6.09. The number of ether oxygens (including phenoxy) is 2. The van der Waals surface area contributed by atoms with Gasteiger partial charge < -0.3 is 14.6 Å². The number of carbonyl (C=O) groups excluding carboxylic acids is 2. The fraction of sp³-hybridized carbons (Fsp3) is 0.516. The van der Waals surface area contributed by atoms with Gasteiger partial charge in [-0.1, -0.05) is 38.8 Å². The Morgan fingerprint density at radius 1 is 0.955 bits per heavy atom. The first kappa shape index (κ1) is 34.9. The summed E-state index contributed by atoms with van der Waals surface area (Å²) in [6.45, 7) is 5.20. The van der Waals surface area contributed by atoms with Crippen molar-refractivity contribution in [3.05, 3.63) is 64.9 Å². The number of benzene rings is 1. The van der Waals surface area contributed by atoms with Crippen molar-refractivity contribution in [1.82, 2.24) is 9.88 Å². The number of imide groups is 1. The number of hydrogen-bond acceptors (Lipinski definition) is 6. The summed E-state index contributed by atoms with van der Waals surface area (Å²) < 4.78 is 92.7. The Balaban J connectivity index is 1.77. The van der Waals surface area contributed by atoms with Crippen molar-refractivity contribution in [2.24, 2.45) is 0 Å². The SMILES string of the molecule is CCCc1cc(C(O)(C(F)(F)F)C(F)(F)F)cc(CCC)c1OCCCCN1C(=O)C=CC(C)(c2ccc(OC)nc2)C1=O. The van der Waals surface area contributed by atoms with Crippen molar-refractivity contribution in [1.29, 1.82) is 0 Å². The molecule has 0 radical (unpaired) electrons. The molecular formula is C31H36F6N2O5. The summed E-state index contributed by atoms with van der Waals surface area (Å²) in [6.07, 6.45) is -5.97. The number of amides is 2. The van der Waals surface area contributed by atoms with Crippen LogP contribution in [0.2, 0.25) is 0 Å². The van der Waals surface area contributed by atoms with Crippen LogP contribution in [0.25, 0.3) is 0 Å². The second kappa shape index (κ2) is 13.6. The van der Waals surface area contributed by atoms with Gasteiger partial charge in [-0.2, -0.15) is 26.3 Å².